The number of carbonyl (C=O) groups is 1. The fourth-order valence-corrected chi connectivity index (χ4v) is 2.08. The van der Waals surface area contributed by atoms with Crippen LogP contribution in [0.1, 0.15) is 28.4 Å². The van der Waals surface area contributed by atoms with Gasteiger partial charge in [0.1, 0.15) is 30.3 Å². The standard InChI is InChI=1S/C15H18O5/c1-9(7-16)4-5-19-12-6-11-8-20-15(17)13(11)14(18-3)10(12)2/h4,6,16H,5,7-8H2,1-3H3/b9-4-. The van der Waals surface area contributed by atoms with E-state index in [1.54, 1.807) is 12.1 Å². The van der Waals surface area contributed by atoms with E-state index in [1.165, 1.54) is 7.11 Å². The number of methoxy groups -OCH3 is 1. The summed E-state index contributed by atoms with van der Waals surface area (Å²) < 4.78 is 16.0. The van der Waals surface area contributed by atoms with E-state index in [0.717, 1.165) is 16.7 Å². The van der Waals surface area contributed by atoms with Crippen molar-refractivity contribution < 1.29 is 24.1 Å². The second-order valence-electron chi connectivity index (χ2n) is 4.66. The minimum atomic E-state index is -0.359. The molecule has 0 unspecified atom stereocenters. The Morgan fingerprint density at radius 1 is 1.55 bits per heavy atom. The van der Waals surface area contributed by atoms with Crippen molar-refractivity contribution in [2.45, 2.75) is 20.5 Å². The first-order chi connectivity index (χ1) is 9.58. The molecule has 1 heterocycles. The number of hydrogen-bond acceptors (Lipinski definition) is 5. The Hall–Kier alpha value is -2.01. The third-order valence-electron chi connectivity index (χ3n) is 3.25. The lowest BCUT2D eigenvalue weighted by Crippen LogP contribution is -2.04. The van der Waals surface area contributed by atoms with Crippen LogP contribution in [-0.4, -0.2) is 31.4 Å². The van der Waals surface area contributed by atoms with Gasteiger partial charge in [-0.1, -0.05) is 0 Å². The van der Waals surface area contributed by atoms with Crippen LogP contribution in [0, 0.1) is 6.92 Å². The second-order valence-corrected chi connectivity index (χ2v) is 4.66. The second kappa shape index (κ2) is 5.96. The van der Waals surface area contributed by atoms with E-state index in [4.69, 9.17) is 19.3 Å². The highest BCUT2D eigenvalue weighted by Gasteiger charge is 2.29. The Bertz CT molecular complexity index is 560. The molecule has 0 aliphatic carbocycles. The van der Waals surface area contributed by atoms with Crippen LogP contribution in [0.2, 0.25) is 0 Å². The molecule has 2 rings (SSSR count). The number of hydrogen-bond donors (Lipinski definition) is 1. The Morgan fingerprint density at radius 2 is 2.30 bits per heavy atom. The number of esters is 1. The van der Waals surface area contributed by atoms with Crippen LogP contribution in [0.15, 0.2) is 17.7 Å². The molecule has 0 saturated carbocycles. The smallest absolute Gasteiger partial charge is 0.342 e. The summed E-state index contributed by atoms with van der Waals surface area (Å²) in [5, 5.41) is 8.93. The minimum Gasteiger partial charge on any atom is -0.495 e. The maximum atomic E-state index is 11.7. The van der Waals surface area contributed by atoms with Gasteiger partial charge >= 0.3 is 5.97 Å². The molecule has 0 atom stereocenters. The summed E-state index contributed by atoms with van der Waals surface area (Å²) in [5.41, 5.74) is 2.86. The first kappa shape index (κ1) is 14.4. The molecule has 1 aromatic rings. The van der Waals surface area contributed by atoms with E-state index in [1.807, 2.05) is 13.8 Å². The van der Waals surface area contributed by atoms with Gasteiger partial charge in [0.25, 0.3) is 0 Å². The van der Waals surface area contributed by atoms with Crippen molar-refractivity contribution in [3.63, 3.8) is 0 Å². The number of fused-ring (bicyclic) bond motifs is 1. The first-order valence-corrected chi connectivity index (χ1v) is 6.35. The average Bonchev–Trinajstić information content (AvgIpc) is 2.80. The molecule has 5 nitrogen and oxygen atoms in total. The topological polar surface area (TPSA) is 65.0 Å². The predicted molar refractivity (Wildman–Crippen MR) is 73.2 cm³/mol. The quantitative estimate of drug-likeness (QED) is 0.659. The van der Waals surface area contributed by atoms with Gasteiger partial charge < -0.3 is 19.3 Å². The normalized spacial score (nSPS) is 14.0. The Labute approximate surface area is 117 Å². The molecule has 1 N–H and O–H groups in total. The van der Waals surface area contributed by atoms with Crippen molar-refractivity contribution in [1.82, 2.24) is 0 Å². The molecule has 0 fully saturated rings. The van der Waals surface area contributed by atoms with Crippen molar-refractivity contribution >= 4 is 5.97 Å². The van der Waals surface area contributed by atoms with Gasteiger partial charge in [0.15, 0.2) is 0 Å². The summed E-state index contributed by atoms with van der Waals surface area (Å²) in [5.74, 6) is 0.797. The van der Waals surface area contributed by atoms with Crippen LogP contribution in [0.25, 0.3) is 0 Å². The van der Waals surface area contributed by atoms with Gasteiger partial charge in [-0.2, -0.15) is 0 Å². The molecule has 0 spiro atoms. The van der Waals surface area contributed by atoms with Crippen LogP contribution in [0.3, 0.4) is 0 Å². The Morgan fingerprint density at radius 3 is 2.95 bits per heavy atom. The van der Waals surface area contributed by atoms with Gasteiger partial charge in [0, 0.05) is 11.1 Å². The maximum absolute atomic E-state index is 11.7. The van der Waals surface area contributed by atoms with Crippen LogP contribution in [0.5, 0.6) is 11.5 Å². The van der Waals surface area contributed by atoms with Crippen molar-refractivity contribution in [3.8, 4) is 11.5 Å². The summed E-state index contributed by atoms with van der Waals surface area (Å²) in [6.07, 6.45) is 1.81. The largest absolute Gasteiger partial charge is 0.495 e. The molecular weight excluding hydrogens is 260 g/mol. The molecule has 5 heteroatoms. The molecule has 0 saturated heterocycles. The van der Waals surface area contributed by atoms with Crippen LogP contribution < -0.4 is 9.47 Å². The molecule has 0 amide bonds. The summed E-state index contributed by atoms with van der Waals surface area (Å²) in [6.45, 7) is 4.27. The van der Waals surface area contributed by atoms with Crippen molar-refractivity contribution in [2.75, 3.05) is 20.3 Å². The number of cyclic esters (lactones) is 1. The van der Waals surface area contributed by atoms with E-state index in [0.29, 0.717) is 23.7 Å². The number of aliphatic hydroxyl groups is 1. The van der Waals surface area contributed by atoms with Crippen LogP contribution >= 0.6 is 0 Å². The van der Waals surface area contributed by atoms with E-state index < -0.39 is 0 Å². The Kier molecular flexibility index (Phi) is 4.29. The van der Waals surface area contributed by atoms with Gasteiger partial charge in [0.2, 0.25) is 0 Å². The van der Waals surface area contributed by atoms with Crippen LogP contribution in [-0.2, 0) is 11.3 Å². The van der Waals surface area contributed by atoms with Crippen molar-refractivity contribution in [3.05, 3.63) is 34.4 Å². The SMILES string of the molecule is COc1c(C)c(OC/C=C(/C)CO)cc2c1C(=O)OC2. The lowest BCUT2D eigenvalue weighted by Gasteiger charge is -2.13. The fourth-order valence-electron chi connectivity index (χ4n) is 2.08. The summed E-state index contributed by atoms with van der Waals surface area (Å²) >= 11 is 0. The van der Waals surface area contributed by atoms with Gasteiger partial charge in [0.05, 0.1) is 13.7 Å². The van der Waals surface area contributed by atoms with E-state index >= 15 is 0 Å². The lowest BCUT2D eigenvalue weighted by atomic mass is 10.0. The number of carbonyl (C=O) groups excluding carboxylic acids is 1. The molecule has 1 aliphatic heterocycles. The number of rotatable bonds is 5. The first-order valence-electron chi connectivity index (χ1n) is 6.35. The zero-order valence-corrected chi connectivity index (χ0v) is 11.9. The average molecular weight is 278 g/mol. The number of aliphatic hydroxyl groups excluding tert-OH is 1. The van der Waals surface area contributed by atoms with E-state index in [9.17, 15) is 4.79 Å². The van der Waals surface area contributed by atoms with Crippen molar-refractivity contribution in [1.29, 1.82) is 0 Å². The van der Waals surface area contributed by atoms with Gasteiger partial charge in [-0.3, -0.25) is 0 Å². The zero-order valence-electron chi connectivity index (χ0n) is 11.9. The lowest BCUT2D eigenvalue weighted by molar-refractivity contribution is 0.0532. The molecule has 0 aromatic heterocycles. The van der Waals surface area contributed by atoms with Gasteiger partial charge in [-0.25, -0.2) is 4.79 Å². The molecular formula is C15H18O5. The minimum absolute atomic E-state index is 0.0121. The Balaban J connectivity index is 2.29. The highest BCUT2D eigenvalue weighted by atomic mass is 16.5. The fraction of sp³-hybridized carbons (Fsp3) is 0.400. The molecule has 0 bridgehead atoms. The summed E-state index contributed by atoms with van der Waals surface area (Å²) in [7, 11) is 1.52. The van der Waals surface area contributed by atoms with E-state index in [2.05, 4.69) is 0 Å². The molecule has 1 aliphatic rings. The van der Waals surface area contributed by atoms with Gasteiger partial charge in [-0.05, 0) is 31.6 Å². The summed E-state index contributed by atoms with van der Waals surface area (Å²) in [4.78, 5) is 11.7. The van der Waals surface area contributed by atoms with Gasteiger partial charge in [-0.15, -0.1) is 0 Å². The molecule has 0 radical (unpaired) electrons. The van der Waals surface area contributed by atoms with E-state index in [-0.39, 0.29) is 19.2 Å². The molecule has 1 aromatic carbocycles. The highest BCUT2D eigenvalue weighted by Crippen LogP contribution is 2.38. The zero-order chi connectivity index (χ0) is 14.7. The number of benzene rings is 1. The predicted octanol–water partition coefficient (Wildman–Crippen LogP) is 1.99. The highest BCUT2D eigenvalue weighted by molar-refractivity contribution is 5.97. The maximum Gasteiger partial charge on any atom is 0.342 e. The third kappa shape index (κ3) is 2.63. The number of ether oxygens (including phenoxy) is 3. The third-order valence-corrected chi connectivity index (χ3v) is 3.25. The van der Waals surface area contributed by atoms with Crippen LogP contribution in [0.4, 0.5) is 0 Å². The monoisotopic (exact) mass is 278 g/mol. The molecule has 108 valence electrons. The molecule has 20 heavy (non-hydrogen) atoms. The van der Waals surface area contributed by atoms with Crippen molar-refractivity contribution in [2.24, 2.45) is 0 Å². The summed E-state index contributed by atoms with van der Waals surface area (Å²) in [6, 6.07) is 1.81.